The maximum absolute atomic E-state index is 3.29. The molecule has 0 aliphatic carbocycles. The van der Waals surface area contributed by atoms with Gasteiger partial charge in [0.05, 0.1) is 22.7 Å². The molecule has 2 aliphatic rings. The number of para-hydroxylation sites is 4. The summed E-state index contributed by atoms with van der Waals surface area (Å²) < 4.78 is 0. The van der Waals surface area contributed by atoms with Gasteiger partial charge < -0.3 is 0 Å². The molecular weight excluding hydrogens is 200 g/mol. The molecule has 0 fully saturated rings. The quantitative estimate of drug-likeness (QED) is 0.700. The van der Waals surface area contributed by atoms with Crippen molar-refractivity contribution >= 4 is 22.7 Å². The first-order valence-electron chi connectivity index (χ1n) is 5.25. The maximum atomic E-state index is 3.29. The molecule has 0 saturated carbocycles. The Balaban J connectivity index is 1.93. The van der Waals surface area contributed by atoms with Crippen LogP contribution in [0.25, 0.3) is 0 Å². The van der Waals surface area contributed by atoms with Gasteiger partial charge in [0, 0.05) is 0 Å². The lowest BCUT2D eigenvalue weighted by Gasteiger charge is -2.19. The van der Waals surface area contributed by atoms with E-state index in [1.54, 1.807) is 0 Å². The summed E-state index contributed by atoms with van der Waals surface area (Å²) in [5, 5.41) is 4.03. The van der Waals surface area contributed by atoms with Crippen LogP contribution in [0.4, 0.5) is 22.7 Å². The molecule has 0 bridgehead atoms. The van der Waals surface area contributed by atoms with Crippen molar-refractivity contribution < 1.29 is 0 Å². The molecule has 78 valence electrons. The third-order valence-electron chi connectivity index (χ3n) is 2.92. The first kappa shape index (κ1) is 8.01. The molecule has 0 saturated heterocycles. The molecule has 4 rings (SSSR count). The Morgan fingerprint density at radius 2 is 1.19 bits per heavy atom. The summed E-state index contributed by atoms with van der Waals surface area (Å²) in [5.74, 6) is 0. The summed E-state index contributed by atoms with van der Waals surface area (Å²) in [6, 6.07) is 16.5. The van der Waals surface area contributed by atoms with E-state index in [0.717, 1.165) is 11.4 Å². The molecule has 2 aromatic rings. The molecule has 0 radical (unpaired) electrons. The van der Waals surface area contributed by atoms with Gasteiger partial charge in [-0.2, -0.15) is 0 Å². The lowest BCUT2D eigenvalue weighted by atomic mass is 10.2. The van der Waals surface area contributed by atoms with Gasteiger partial charge in [0.15, 0.2) is 0 Å². The number of anilines is 4. The highest BCUT2D eigenvalue weighted by atomic mass is 16.0. The number of benzene rings is 2. The van der Waals surface area contributed by atoms with Crippen LogP contribution < -0.4 is 15.9 Å². The Morgan fingerprint density at radius 3 is 1.75 bits per heavy atom. The van der Waals surface area contributed by atoms with Crippen LogP contribution in [-0.2, 0) is 0 Å². The van der Waals surface area contributed by atoms with E-state index in [0.29, 0.717) is 0 Å². The monoisotopic (exact) mass is 210 g/mol. The van der Waals surface area contributed by atoms with Gasteiger partial charge in [0.1, 0.15) is 0 Å². The van der Waals surface area contributed by atoms with E-state index in [9.17, 15) is 0 Å². The van der Waals surface area contributed by atoms with Crippen molar-refractivity contribution in [3.8, 4) is 0 Å². The van der Waals surface area contributed by atoms with Crippen LogP contribution in [0.15, 0.2) is 48.5 Å². The fourth-order valence-electron chi connectivity index (χ4n) is 2.21. The summed E-state index contributed by atoms with van der Waals surface area (Å²) in [6.45, 7) is 0. The lowest BCUT2D eigenvalue weighted by molar-refractivity contribution is 0.447. The third-order valence-corrected chi connectivity index (χ3v) is 2.92. The molecule has 4 heteroatoms. The number of nitrogens with zero attached hydrogens (tertiary/aromatic N) is 2. The summed E-state index contributed by atoms with van der Waals surface area (Å²) in [6.07, 6.45) is 0. The van der Waals surface area contributed by atoms with Crippen LogP contribution in [0, 0.1) is 0 Å². The predicted molar refractivity (Wildman–Crippen MR) is 64.1 cm³/mol. The largest absolute Gasteiger partial charge is 0.280 e. The number of nitrogens with one attached hydrogen (secondary N) is 2. The summed E-state index contributed by atoms with van der Waals surface area (Å²) in [7, 11) is 0. The van der Waals surface area contributed by atoms with Gasteiger partial charge in [-0.15, -0.1) is 0 Å². The molecule has 0 aromatic heterocycles. The Labute approximate surface area is 93.0 Å². The second-order valence-corrected chi connectivity index (χ2v) is 3.88. The average Bonchev–Trinajstić information content (AvgIpc) is 2.83. The number of hydrogen-bond acceptors (Lipinski definition) is 4. The first-order valence-corrected chi connectivity index (χ1v) is 5.25. The number of fused-ring (bicyclic) bond motifs is 5. The smallest absolute Gasteiger partial charge is 0.0863 e. The van der Waals surface area contributed by atoms with Crippen LogP contribution in [0.1, 0.15) is 0 Å². The number of rotatable bonds is 0. The fourth-order valence-corrected chi connectivity index (χ4v) is 2.21. The van der Waals surface area contributed by atoms with Gasteiger partial charge in [0.2, 0.25) is 0 Å². The minimum Gasteiger partial charge on any atom is -0.280 e. The molecule has 0 spiro atoms. The standard InChI is InChI=1S/C12H10N4/c1-3-7-11-9(5-1)13-16-14-10-6-2-4-8-12(10)15(11)16/h1-8,13-14H. The normalized spacial score (nSPS) is 16.1. The summed E-state index contributed by atoms with van der Waals surface area (Å²) in [5.41, 5.74) is 11.1. The van der Waals surface area contributed by atoms with Gasteiger partial charge in [-0.3, -0.25) is 10.9 Å². The second-order valence-electron chi connectivity index (χ2n) is 3.88. The second kappa shape index (κ2) is 2.68. The number of hydrogen-bond donors (Lipinski definition) is 2. The Bertz CT molecular complexity index is 517. The lowest BCUT2D eigenvalue weighted by Crippen LogP contribution is -2.37. The Morgan fingerprint density at radius 1 is 0.688 bits per heavy atom. The highest BCUT2D eigenvalue weighted by Gasteiger charge is 2.34. The topological polar surface area (TPSA) is 30.5 Å². The van der Waals surface area contributed by atoms with E-state index >= 15 is 0 Å². The molecule has 2 heterocycles. The van der Waals surface area contributed by atoms with Crippen molar-refractivity contribution in [2.45, 2.75) is 0 Å². The van der Waals surface area contributed by atoms with E-state index in [1.807, 2.05) is 29.5 Å². The molecule has 0 atom stereocenters. The van der Waals surface area contributed by atoms with Crippen molar-refractivity contribution in [1.82, 2.24) is 5.23 Å². The highest BCUT2D eigenvalue weighted by Crippen LogP contribution is 2.45. The molecular formula is C12H10N4. The molecule has 2 N–H and O–H groups in total. The average molecular weight is 210 g/mol. The van der Waals surface area contributed by atoms with Crippen molar-refractivity contribution in [3.63, 3.8) is 0 Å². The zero-order chi connectivity index (χ0) is 10.5. The minimum atomic E-state index is 1.12. The van der Waals surface area contributed by atoms with Gasteiger partial charge in [0.25, 0.3) is 0 Å². The van der Waals surface area contributed by atoms with Gasteiger partial charge in [-0.05, 0) is 29.5 Å². The van der Waals surface area contributed by atoms with Crippen LogP contribution in [0.3, 0.4) is 0 Å². The summed E-state index contributed by atoms with van der Waals surface area (Å²) in [4.78, 5) is 0. The van der Waals surface area contributed by atoms with E-state index < -0.39 is 0 Å². The maximum Gasteiger partial charge on any atom is 0.0863 e. The van der Waals surface area contributed by atoms with Crippen LogP contribution in [-0.4, -0.2) is 5.23 Å². The predicted octanol–water partition coefficient (Wildman–Crippen LogP) is 2.72. The van der Waals surface area contributed by atoms with Gasteiger partial charge in [-0.25, -0.2) is 5.01 Å². The zero-order valence-electron chi connectivity index (χ0n) is 8.51. The van der Waals surface area contributed by atoms with Gasteiger partial charge >= 0.3 is 0 Å². The van der Waals surface area contributed by atoms with E-state index in [4.69, 9.17) is 0 Å². The van der Waals surface area contributed by atoms with Crippen molar-refractivity contribution in [1.29, 1.82) is 0 Å². The Hall–Kier alpha value is -2.20. The molecule has 2 aliphatic heterocycles. The molecule has 0 unspecified atom stereocenters. The molecule has 2 aromatic carbocycles. The van der Waals surface area contributed by atoms with Crippen molar-refractivity contribution in [2.75, 3.05) is 15.9 Å². The van der Waals surface area contributed by atoms with Crippen LogP contribution >= 0.6 is 0 Å². The van der Waals surface area contributed by atoms with E-state index in [2.05, 4.69) is 40.1 Å². The van der Waals surface area contributed by atoms with Gasteiger partial charge in [-0.1, -0.05) is 24.3 Å². The third kappa shape index (κ3) is 0.869. The highest BCUT2D eigenvalue weighted by molar-refractivity contribution is 5.87. The minimum absolute atomic E-state index is 1.12. The molecule has 4 nitrogen and oxygen atoms in total. The van der Waals surface area contributed by atoms with Crippen molar-refractivity contribution in [2.24, 2.45) is 0 Å². The Kier molecular flexibility index (Phi) is 1.34. The summed E-state index contributed by atoms with van der Waals surface area (Å²) >= 11 is 0. The molecule has 16 heavy (non-hydrogen) atoms. The number of hydrazine groups is 3. The van der Waals surface area contributed by atoms with Crippen molar-refractivity contribution in [3.05, 3.63) is 48.5 Å². The van der Waals surface area contributed by atoms with E-state index in [1.165, 1.54) is 11.4 Å². The SMILES string of the molecule is c1ccc2c(c1)NN1Nc3ccccc3N21. The zero-order valence-corrected chi connectivity index (χ0v) is 8.51. The first-order chi connectivity index (χ1) is 7.93. The fraction of sp³-hybridized carbons (Fsp3) is 0. The van der Waals surface area contributed by atoms with Crippen LogP contribution in [0.5, 0.6) is 0 Å². The molecule has 0 amide bonds. The van der Waals surface area contributed by atoms with E-state index in [-0.39, 0.29) is 0 Å². The van der Waals surface area contributed by atoms with Crippen LogP contribution in [0.2, 0.25) is 0 Å².